The summed E-state index contributed by atoms with van der Waals surface area (Å²) < 4.78 is 39.8. The highest BCUT2D eigenvalue weighted by Crippen LogP contribution is 2.28. The SMILES string of the molecule is CNC(C)(CC(N)=O)c1ccc(OC(F)(F)F)cc1. The van der Waals surface area contributed by atoms with Crippen LogP contribution in [0.5, 0.6) is 5.75 Å². The summed E-state index contributed by atoms with van der Waals surface area (Å²) >= 11 is 0. The second kappa shape index (κ2) is 5.48. The van der Waals surface area contributed by atoms with E-state index < -0.39 is 17.8 Å². The third-order valence-corrected chi connectivity index (χ3v) is 2.80. The van der Waals surface area contributed by atoms with E-state index in [2.05, 4.69) is 10.1 Å². The van der Waals surface area contributed by atoms with Gasteiger partial charge >= 0.3 is 6.36 Å². The fourth-order valence-electron chi connectivity index (χ4n) is 1.71. The molecular weight excluding hydrogens is 261 g/mol. The first-order valence-corrected chi connectivity index (χ1v) is 5.50. The van der Waals surface area contributed by atoms with Gasteiger partial charge in [-0.2, -0.15) is 0 Å². The average molecular weight is 276 g/mol. The lowest BCUT2D eigenvalue weighted by Gasteiger charge is -2.28. The molecule has 1 atom stereocenters. The minimum atomic E-state index is -4.72. The van der Waals surface area contributed by atoms with E-state index in [4.69, 9.17) is 5.73 Å². The maximum absolute atomic E-state index is 12.0. The molecule has 1 unspecified atom stereocenters. The highest BCUT2D eigenvalue weighted by molar-refractivity contribution is 5.75. The maximum atomic E-state index is 12.0. The smallest absolute Gasteiger partial charge is 0.406 e. The van der Waals surface area contributed by atoms with Crippen LogP contribution in [0.15, 0.2) is 24.3 Å². The molecule has 0 saturated heterocycles. The van der Waals surface area contributed by atoms with Gasteiger partial charge in [-0.15, -0.1) is 13.2 Å². The van der Waals surface area contributed by atoms with E-state index in [9.17, 15) is 18.0 Å². The van der Waals surface area contributed by atoms with Gasteiger partial charge in [-0.25, -0.2) is 0 Å². The van der Waals surface area contributed by atoms with Crippen LogP contribution in [0.3, 0.4) is 0 Å². The van der Waals surface area contributed by atoms with Gasteiger partial charge in [0, 0.05) is 12.0 Å². The topological polar surface area (TPSA) is 64.3 Å². The van der Waals surface area contributed by atoms with Gasteiger partial charge in [0.05, 0.1) is 0 Å². The third kappa shape index (κ3) is 4.44. The zero-order chi connectivity index (χ0) is 14.7. The number of primary amides is 1. The first-order valence-electron chi connectivity index (χ1n) is 5.50. The number of amides is 1. The molecule has 0 bridgehead atoms. The molecule has 1 aromatic rings. The first kappa shape index (κ1) is 15.3. The Kier molecular flexibility index (Phi) is 4.41. The van der Waals surface area contributed by atoms with Crippen LogP contribution < -0.4 is 15.8 Å². The van der Waals surface area contributed by atoms with Crippen molar-refractivity contribution in [3.8, 4) is 5.75 Å². The van der Waals surface area contributed by atoms with Gasteiger partial charge in [0.25, 0.3) is 0 Å². The van der Waals surface area contributed by atoms with Gasteiger partial charge in [0.15, 0.2) is 0 Å². The lowest BCUT2D eigenvalue weighted by Crippen LogP contribution is -2.40. The average Bonchev–Trinajstić information content (AvgIpc) is 2.26. The van der Waals surface area contributed by atoms with Crippen LogP contribution in [0, 0.1) is 0 Å². The molecule has 1 aromatic carbocycles. The number of benzene rings is 1. The van der Waals surface area contributed by atoms with Crippen LogP contribution in [-0.2, 0) is 10.3 Å². The number of halogens is 3. The van der Waals surface area contributed by atoms with Crippen molar-refractivity contribution in [3.05, 3.63) is 29.8 Å². The summed E-state index contributed by atoms with van der Waals surface area (Å²) in [5.74, 6) is -0.818. The zero-order valence-electron chi connectivity index (χ0n) is 10.5. The van der Waals surface area contributed by atoms with Gasteiger partial charge in [-0.05, 0) is 31.7 Å². The second-order valence-electron chi connectivity index (χ2n) is 4.30. The quantitative estimate of drug-likeness (QED) is 0.863. The number of rotatable bonds is 5. The molecule has 0 aromatic heterocycles. The fraction of sp³-hybridized carbons (Fsp3) is 0.417. The standard InChI is InChI=1S/C12H15F3N2O2/c1-11(17-2,7-10(16)18)8-3-5-9(6-4-8)19-12(13,14)15/h3-6,17H,7H2,1-2H3,(H2,16,18). The predicted octanol–water partition coefficient (Wildman–Crippen LogP) is 1.90. The first-order chi connectivity index (χ1) is 8.66. The molecular formula is C12H15F3N2O2. The van der Waals surface area contributed by atoms with Gasteiger partial charge in [0.2, 0.25) is 5.91 Å². The Morgan fingerprint density at radius 1 is 1.32 bits per heavy atom. The van der Waals surface area contributed by atoms with Crippen molar-refractivity contribution in [3.63, 3.8) is 0 Å². The summed E-state index contributed by atoms with van der Waals surface area (Å²) in [6.07, 6.45) is -4.69. The molecule has 4 nitrogen and oxygen atoms in total. The van der Waals surface area contributed by atoms with Crippen LogP contribution in [0.1, 0.15) is 18.9 Å². The van der Waals surface area contributed by atoms with Crippen LogP contribution in [-0.4, -0.2) is 19.3 Å². The number of ether oxygens (including phenoxy) is 1. The Balaban J connectivity index is 2.93. The number of hydrogen-bond acceptors (Lipinski definition) is 3. The molecule has 0 aliphatic heterocycles. The van der Waals surface area contributed by atoms with Crippen LogP contribution in [0.4, 0.5) is 13.2 Å². The summed E-state index contributed by atoms with van der Waals surface area (Å²) in [5.41, 5.74) is 5.06. The van der Waals surface area contributed by atoms with Crippen LogP contribution in [0.2, 0.25) is 0 Å². The molecule has 0 fully saturated rings. The van der Waals surface area contributed by atoms with E-state index in [0.29, 0.717) is 5.56 Å². The number of carbonyl (C=O) groups excluding carboxylic acids is 1. The van der Waals surface area contributed by atoms with E-state index in [1.54, 1.807) is 14.0 Å². The van der Waals surface area contributed by atoms with Gasteiger partial charge in [0.1, 0.15) is 5.75 Å². The molecule has 1 rings (SSSR count). The summed E-state index contributed by atoms with van der Waals surface area (Å²) in [6.45, 7) is 1.73. The van der Waals surface area contributed by atoms with Gasteiger partial charge < -0.3 is 15.8 Å². The van der Waals surface area contributed by atoms with Crippen molar-refractivity contribution in [2.75, 3.05) is 7.05 Å². The van der Waals surface area contributed by atoms with Crippen molar-refractivity contribution in [2.45, 2.75) is 25.2 Å². The van der Waals surface area contributed by atoms with E-state index in [1.807, 2.05) is 0 Å². The number of alkyl halides is 3. The molecule has 19 heavy (non-hydrogen) atoms. The second-order valence-corrected chi connectivity index (χ2v) is 4.30. The van der Waals surface area contributed by atoms with Crippen molar-refractivity contribution >= 4 is 5.91 Å². The monoisotopic (exact) mass is 276 g/mol. The molecule has 0 aliphatic rings. The van der Waals surface area contributed by atoms with Crippen molar-refractivity contribution < 1.29 is 22.7 Å². The zero-order valence-corrected chi connectivity index (χ0v) is 10.5. The molecule has 3 N–H and O–H groups in total. The Morgan fingerprint density at radius 2 is 1.84 bits per heavy atom. The van der Waals surface area contributed by atoms with Crippen molar-refractivity contribution in [2.24, 2.45) is 5.73 Å². The van der Waals surface area contributed by atoms with Crippen molar-refractivity contribution in [1.82, 2.24) is 5.32 Å². The molecule has 7 heteroatoms. The third-order valence-electron chi connectivity index (χ3n) is 2.80. The Bertz CT molecular complexity index is 445. The molecule has 0 radical (unpaired) electrons. The number of carbonyl (C=O) groups is 1. The van der Waals surface area contributed by atoms with Crippen LogP contribution >= 0.6 is 0 Å². The summed E-state index contributed by atoms with van der Waals surface area (Å²) in [5, 5.41) is 2.93. The molecule has 106 valence electrons. The number of nitrogens with one attached hydrogen (secondary N) is 1. The van der Waals surface area contributed by atoms with Crippen molar-refractivity contribution in [1.29, 1.82) is 0 Å². The highest BCUT2D eigenvalue weighted by atomic mass is 19.4. The molecule has 0 heterocycles. The molecule has 1 amide bonds. The number of hydrogen-bond donors (Lipinski definition) is 2. The van der Waals surface area contributed by atoms with E-state index in [-0.39, 0.29) is 12.2 Å². The Labute approximate surface area is 108 Å². The van der Waals surface area contributed by atoms with Crippen LogP contribution in [0.25, 0.3) is 0 Å². The fourth-order valence-corrected chi connectivity index (χ4v) is 1.71. The van der Waals surface area contributed by atoms with E-state index in [1.165, 1.54) is 24.3 Å². The van der Waals surface area contributed by atoms with E-state index in [0.717, 1.165) is 0 Å². The molecule has 0 spiro atoms. The minimum Gasteiger partial charge on any atom is -0.406 e. The Hall–Kier alpha value is -1.76. The molecule has 0 aliphatic carbocycles. The molecule has 0 saturated carbocycles. The summed E-state index contributed by atoms with van der Waals surface area (Å²) in [7, 11) is 1.64. The minimum absolute atomic E-state index is 0.0307. The lowest BCUT2D eigenvalue weighted by molar-refractivity contribution is -0.274. The summed E-state index contributed by atoms with van der Waals surface area (Å²) in [4.78, 5) is 11.0. The highest BCUT2D eigenvalue weighted by Gasteiger charge is 2.31. The lowest BCUT2D eigenvalue weighted by atomic mass is 9.88. The summed E-state index contributed by atoms with van der Waals surface area (Å²) in [6, 6.07) is 5.31. The largest absolute Gasteiger partial charge is 0.573 e. The normalized spacial score (nSPS) is 14.8. The van der Waals surface area contributed by atoms with Gasteiger partial charge in [-0.1, -0.05) is 12.1 Å². The predicted molar refractivity (Wildman–Crippen MR) is 63.3 cm³/mol. The maximum Gasteiger partial charge on any atom is 0.573 e. The van der Waals surface area contributed by atoms with Gasteiger partial charge in [-0.3, -0.25) is 4.79 Å². The Morgan fingerprint density at radius 3 is 2.21 bits per heavy atom. The number of nitrogens with two attached hydrogens (primary N) is 1. The van der Waals surface area contributed by atoms with E-state index >= 15 is 0 Å².